The molecule has 0 radical (unpaired) electrons. The van der Waals surface area contributed by atoms with Crippen LogP contribution in [-0.4, -0.2) is 37.1 Å². The highest BCUT2D eigenvalue weighted by molar-refractivity contribution is 5.76. The van der Waals surface area contributed by atoms with Crippen molar-refractivity contribution in [2.45, 2.75) is 12.5 Å². The predicted molar refractivity (Wildman–Crippen MR) is 42.2 cm³/mol. The summed E-state index contributed by atoms with van der Waals surface area (Å²) in [5.41, 5.74) is 0. The minimum Gasteiger partial charge on any atom is -0.468 e. The van der Waals surface area contributed by atoms with Crippen LogP contribution in [0.3, 0.4) is 0 Å². The largest absolute Gasteiger partial charge is 0.468 e. The molecule has 0 aliphatic carbocycles. The Labute approximate surface area is 66.6 Å². The molecule has 0 amide bonds. The average molecular weight is 155 g/mol. The van der Waals surface area contributed by atoms with Crippen molar-refractivity contribution in [3.63, 3.8) is 0 Å². The Morgan fingerprint density at radius 2 is 2.64 bits per heavy atom. The third-order valence-corrected chi connectivity index (χ3v) is 1.97. The monoisotopic (exact) mass is 155 g/mol. The Morgan fingerprint density at radius 3 is 3.00 bits per heavy atom. The molecule has 1 fully saturated rings. The number of esters is 1. The fourth-order valence-corrected chi connectivity index (χ4v) is 1.23. The van der Waals surface area contributed by atoms with Crippen molar-refractivity contribution in [1.82, 2.24) is 4.90 Å². The van der Waals surface area contributed by atoms with Crippen molar-refractivity contribution < 1.29 is 9.53 Å². The summed E-state index contributed by atoms with van der Waals surface area (Å²) < 4.78 is 4.62. The van der Waals surface area contributed by atoms with Crippen LogP contribution in [0.2, 0.25) is 0 Å². The molecule has 62 valence electrons. The second-order valence-corrected chi connectivity index (χ2v) is 2.61. The van der Waals surface area contributed by atoms with E-state index in [1.807, 2.05) is 4.90 Å². The number of carbonyl (C=O) groups is 1. The zero-order chi connectivity index (χ0) is 8.27. The van der Waals surface area contributed by atoms with E-state index < -0.39 is 0 Å². The van der Waals surface area contributed by atoms with Gasteiger partial charge in [-0.3, -0.25) is 9.69 Å². The minimum atomic E-state index is -0.127. The highest BCUT2D eigenvalue weighted by Gasteiger charge is 2.33. The van der Waals surface area contributed by atoms with E-state index in [1.165, 1.54) is 7.11 Å². The molecule has 1 atom stereocenters. The van der Waals surface area contributed by atoms with E-state index in [0.29, 0.717) is 0 Å². The van der Waals surface area contributed by atoms with Gasteiger partial charge in [-0.15, -0.1) is 6.58 Å². The Kier molecular flexibility index (Phi) is 2.65. The van der Waals surface area contributed by atoms with Crippen molar-refractivity contribution in [3.05, 3.63) is 12.7 Å². The molecule has 11 heavy (non-hydrogen) atoms. The summed E-state index contributed by atoms with van der Waals surface area (Å²) in [5, 5.41) is 0. The molecule has 1 aliphatic rings. The van der Waals surface area contributed by atoms with E-state index in [2.05, 4.69) is 11.3 Å². The lowest BCUT2D eigenvalue weighted by Gasteiger charge is -2.37. The predicted octanol–water partition coefficient (Wildman–Crippen LogP) is 0.420. The smallest absolute Gasteiger partial charge is 0.323 e. The van der Waals surface area contributed by atoms with Gasteiger partial charge >= 0.3 is 5.97 Å². The Hall–Kier alpha value is -0.830. The SMILES string of the molecule is C=CCN1CC[C@@H]1C(=O)OC. The van der Waals surface area contributed by atoms with Gasteiger partial charge < -0.3 is 4.74 Å². The first kappa shape index (κ1) is 8.27. The first-order valence-electron chi connectivity index (χ1n) is 3.72. The van der Waals surface area contributed by atoms with Gasteiger partial charge in [0.15, 0.2) is 0 Å². The van der Waals surface area contributed by atoms with E-state index in [1.54, 1.807) is 6.08 Å². The molecule has 0 saturated carbocycles. The Balaban J connectivity index is 2.36. The van der Waals surface area contributed by atoms with Gasteiger partial charge in [-0.25, -0.2) is 0 Å². The molecule has 3 nitrogen and oxygen atoms in total. The topological polar surface area (TPSA) is 29.5 Å². The van der Waals surface area contributed by atoms with Gasteiger partial charge in [0.05, 0.1) is 7.11 Å². The number of methoxy groups -OCH3 is 1. The Morgan fingerprint density at radius 1 is 1.91 bits per heavy atom. The zero-order valence-corrected chi connectivity index (χ0v) is 6.75. The maximum absolute atomic E-state index is 11.0. The first-order valence-corrected chi connectivity index (χ1v) is 3.72. The number of likely N-dealkylation sites (tertiary alicyclic amines) is 1. The molecular weight excluding hydrogens is 142 g/mol. The third-order valence-electron chi connectivity index (χ3n) is 1.97. The van der Waals surface area contributed by atoms with Gasteiger partial charge in [-0.05, 0) is 6.42 Å². The van der Waals surface area contributed by atoms with Crippen LogP contribution in [0.4, 0.5) is 0 Å². The van der Waals surface area contributed by atoms with Crippen molar-refractivity contribution in [2.75, 3.05) is 20.2 Å². The van der Waals surface area contributed by atoms with Gasteiger partial charge in [0.1, 0.15) is 6.04 Å². The molecule has 0 unspecified atom stereocenters. The van der Waals surface area contributed by atoms with Crippen molar-refractivity contribution in [3.8, 4) is 0 Å². The van der Waals surface area contributed by atoms with Crippen molar-refractivity contribution >= 4 is 5.97 Å². The van der Waals surface area contributed by atoms with E-state index >= 15 is 0 Å². The number of ether oxygens (including phenoxy) is 1. The molecule has 0 aromatic rings. The second kappa shape index (κ2) is 3.53. The van der Waals surface area contributed by atoms with Gasteiger partial charge in [-0.1, -0.05) is 6.08 Å². The van der Waals surface area contributed by atoms with Crippen LogP contribution < -0.4 is 0 Å². The number of carbonyl (C=O) groups excluding carboxylic acids is 1. The molecule has 0 N–H and O–H groups in total. The van der Waals surface area contributed by atoms with Crippen LogP contribution in [0.1, 0.15) is 6.42 Å². The molecule has 0 aromatic carbocycles. The van der Waals surface area contributed by atoms with Crippen LogP contribution in [0, 0.1) is 0 Å². The lowest BCUT2D eigenvalue weighted by molar-refractivity contribution is -0.151. The fraction of sp³-hybridized carbons (Fsp3) is 0.625. The summed E-state index contributed by atoms with van der Waals surface area (Å²) >= 11 is 0. The molecule has 1 heterocycles. The van der Waals surface area contributed by atoms with Crippen LogP contribution >= 0.6 is 0 Å². The van der Waals surface area contributed by atoms with Gasteiger partial charge in [0.25, 0.3) is 0 Å². The molecular formula is C8H13NO2. The summed E-state index contributed by atoms with van der Waals surface area (Å²) in [6, 6.07) is -0.0157. The van der Waals surface area contributed by atoms with Gasteiger partial charge in [-0.2, -0.15) is 0 Å². The lowest BCUT2D eigenvalue weighted by atomic mass is 10.0. The highest BCUT2D eigenvalue weighted by atomic mass is 16.5. The van der Waals surface area contributed by atoms with Crippen molar-refractivity contribution in [2.24, 2.45) is 0 Å². The summed E-state index contributed by atoms with van der Waals surface area (Å²) in [7, 11) is 1.42. The summed E-state index contributed by atoms with van der Waals surface area (Å²) in [6.07, 6.45) is 2.72. The number of nitrogens with zero attached hydrogens (tertiary/aromatic N) is 1. The lowest BCUT2D eigenvalue weighted by Crippen LogP contribution is -2.52. The summed E-state index contributed by atoms with van der Waals surface area (Å²) in [4.78, 5) is 13.0. The number of hydrogen-bond donors (Lipinski definition) is 0. The summed E-state index contributed by atoms with van der Waals surface area (Å²) in [6.45, 7) is 5.36. The Bertz CT molecular complexity index is 167. The number of hydrogen-bond acceptors (Lipinski definition) is 3. The molecule has 0 spiro atoms. The fourth-order valence-electron chi connectivity index (χ4n) is 1.23. The third kappa shape index (κ3) is 1.60. The average Bonchev–Trinajstić information content (AvgIpc) is 1.98. The maximum atomic E-state index is 11.0. The normalized spacial score (nSPS) is 23.9. The zero-order valence-electron chi connectivity index (χ0n) is 6.75. The summed E-state index contributed by atoms with van der Waals surface area (Å²) in [5.74, 6) is -0.127. The molecule has 1 rings (SSSR count). The van der Waals surface area contributed by atoms with E-state index in [0.717, 1.165) is 19.5 Å². The maximum Gasteiger partial charge on any atom is 0.323 e. The van der Waals surface area contributed by atoms with Gasteiger partial charge in [0.2, 0.25) is 0 Å². The molecule has 0 bridgehead atoms. The molecule has 0 aromatic heterocycles. The minimum absolute atomic E-state index is 0.0157. The van der Waals surface area contributed by atoms with Crippen molar-refractivity contribution in [1.29, 1.82) is 0 Å². The van der Waals surface area contributed by atoms with Crippen LogP contribution in [0.15, 0.2) is 12.7 Å². The van der Waals surface area contributed by atoms with Gasteiger partial charge in [0, 0.05) is 13.1 Å². The molecule has 3 heteroatoms. The highest BCUT2D eigenvalue weighted by Crippen LogP contribution is 2.17. The van der Waals surface area contributed by atoms with E-state index in [9.17, 15) is 4.79 Å². The van der Waals surface area contributed by atoms with E-state index in [-0.39, 0.29) is 12.0 Å². The first-order chi connectivity index (χ1) is 5.29. The second-order valence-electron chi connectivity index (χ2n) is 2.61. The van der Waals surface area contributed by atoms with Crippen LogP contribution in [-0.2, 0) is 9.53 Å². The van der Waals surface area contributed by atoms with Crippen LogP contribution in [0.5, 0.6) is 0 Å². The quantitative estimate of drug-likeness (QED) is 0.437. The molecule has 1 aliphatic heterocycles. The molecule has 1 saturated heterocycles. The number of rotatable bonds is 3. The van der Waals surface area contributed by atoms with E-state index in [4.69, 9.17) is 0 Å². The standard InChI is InChI=1S/C8H13NO2/c1-3-5-9-6-4-7(9)8(10)11-2/h3,7H,1,4-6H2,2H3/t7-/m1/s1. The van der Waals surface area contributed by atoms with Crippen LogP contribution in [0.25, 0.3) is 0 Å².